The van der Waals surface area contributed by atoms with Crippen LogP contribution in [0.4, 0.5) is 5.82 Å². The molecule has 0 aliphatic heterocycles. The van der Waals surface area contributed by atoms with E-state index in [9.17, 15) is 10.2 Å². The second-order valence-electron chi connectivity index (χ2n) is 6.82. The zero-order chi connectivity index (χ0) is 20.7. The number of fused-ring (bicyclic) bond motifs is 2. The third-order valence-electron chi connectivity index (χ3n) is 5.04. The Morgan fingerprint density at radius 1 is 0.933 bits per heavy atom. The molecule has 0 saturated carbocycles. The first-order valence-electron chi connectivity index (χ1n) is 9.21. The fourth-order valence-corrected chi connectivity index (χ4v) is 3.84. The fraction of sp³-hybridized carbons (Fsp3) is 0.0455. The van der Waals surface area contributed by atoms with Gasteiger partial charge >= 0.3 is 0 Å². The van der Waals surface area contributed by atoms with E-state index in [1.54, 1.807) is 18.2 Å². The van der Waals surface area contributed by atoms with Crippen LogP contribution in [-0.4, -0.2) is 30.1 Å². The van der Waals surface area contributed by atoms with Gasteiger partial charge in [-0.05, 0) is 35.0 Å². The molecule has 2 aromatic heterocycles. The summed E-state index contributed by atoms with van der Waals surface area (Å²) in [7, 11) is 0. The van der Waals surface area contributed by atoms with Gasteiger partial charge in [-0.3, -0.25) is 0 Å². The minimum Gasteiger partial charge on any atom is -0.508 e. The van der Waals surface area contributed by atoms with E-state index < -0.39 is 6.04 Å². The van der Waals surface area contributed by atoms with Gasteiger partial charge in [0.05, 0.1) is 12.4 Å². The van der Waals surface area contributed by atoms with Crippen molar-refractivity contribution >= 4 is 39.4 Å². The predicted octanol–water partition coefficient (Wildman–Crippen LogP) is 4.77. The normalized spacial score (nSPS) is 12.3. The molecule has 30 heavy (non-hydrogen) atoms. The number of aromatic nitrogens is 4. The summed E-state index contributed by atoms with van der Waals surface area (Å²) in [5.74, 6) is 0.605. The van der Waals surface area contributed by atoms with Crippen LogP contribution < -0.4 is 5.32 Å². The van der Waals surface area contributed by atoms with Crippen molar-refractivity contribution in [2.45, 2.75) is 6.04 Å². The first-order valence-corrected chi connectivity index (χ1v) is 9.59. The largest absolute Gasteiger partial charge is 0.508 e. The standard InChI is InChI=1S/C22H16ClN5O2/c23-13-6-8-16(29)15(9-13)19(28-22-20-21(25-10-24-20)26-11-27-22)18-14-4-2-1-3-12(14)5-7-17(18)30/h1-11,19,29-30H,(H2,24,25,26,27,28). The molecule has 4 N–H and O–H groups in total. The van der Waals surface area contributed by atoms with Gasteiger partial charge in [0.25, 0.3) is 0 Å². The number of halogens is 1. The van der Waals surface area contributed by atoms with Gasteiger partial charge in [0.15, 0.2) is 11.5 Å². The summed E-state index contributed by atoms with van der Waals surface area (Å²) in [5.41, 5.74) is 2.21. The van der Waals surface area contributed by atoms with Crippen molar-refractivity contribution < 1.29 is 10.2 Å². The molecule has 8 heteroatoms. The molecule has 0 amide bonds. The highest BCUT2D eigenvalue weighted by molar-refractivity contribution is 6.30. The summed E-state index contributed by atoms with van der Waals surface area (Å²) in [6, 6.07) is 15.4. The van der Waals surface area contributed by atoms with Crippen molar-refractivity contribution in [2.24, 2.45) is 0 Å². The van der Waals surface area contributed by atoms with E-state index in [1.807, 2.05) is 30.3 Å². The van der Waals surface area contributed by atoms with E-state index >= 15 is 0 Å². The minimum atomic E-state index is -0.656. The Morgan fingerprint density at radius 3 is 2.67 bits per heavy atom. The lowest BCUT2D eigenvalue weighted by Gasteiger charge is -2.24. The molecule has 148 valence electrons. The van der Waals surface area contributed by atoms with Crippen LogP contribution in [0.15, 0.2) is 67.3 Å². The van der Waals surface area contributed by atoms with Crippen molar-refractivity contribution in [3.8, 4) is 11.5 Å². The van der Waals surface area contributed by atoms with Crippen LogP contribution in [0, 0.1) is 0 Å². The Labute approximate surface area is 176 Å². The summed E-state index contributed by atoms with van der Waals surface area (Å²) in [6.07, 6.45) is 2.94. The van der Waals surface area contributed by atoms with Crippen LogP contribution in [0.25, 0.3) is 21.9 Å². The lowest BCUT2D eigenvalue weighted by molar-refractivity contribution is 0.458. The molecule has 0 saturated heterocycles. The topological polar surface area (TPSA) is 107 Å². The van der Waals surface area contributed by atoms with E-state index in [0.29, 0.717) is 33.1 Å². The van der Waals surface area contributed by atoms with Gasteiger partial charge in [-0.1, -0.05) is 41.9 Å². The second kappa shape index (κ2) is 7.20. The van der Waals surface area contributed by atoms with Gasteiger partial charge in [-0.25, -0.2) is 15.0 Å². The molecule has 1 atom stereocenters. The average Bonchev–Trinajstić information content (AvgIpc) is 3.24. The van der Waals surface area contributed by atoms with Crippen LogP contribution in [0.2, 0.25) is 5.02 Å². The van der Waals surface area contributed by atoms with Gasteiger partial charge in [0.1, 0.15) is 23.3 Å². The van der Waals surface area contributed by atoms with Crippen molar-refractivity contribution in [3.63, 3.8) is 0 Å². The van der Waals surface area contributed by atoms with Crippen molar-refractivity contribution in [3.05, 3.63) is 83.4 Å². The Kier molecular flexibility index (Phi) is 4.37. The van der Waals surface area contributed by atoms with Crippen LogP contribution in [0.5, 0.6) is 11.5 Å². The first kappa shape index (κ1) is 18.2. The lowest BCUT2D eigenvalue weighted by atomic mass is 9.92. The number of anilines is 1. The number of imidazole rings is 1. The number of hydrogen-bond acceptors (Lipinski definition) is 6. The number of benzene rings is 3. The molecule has 5 rings (SSSR count). The second-order valence-corrected chi connectivity index (χ2v) is 7.26. The lowest BCUT2D eigenvalue weighted by Crippen LogP contribution is -2.15. The zero-order valence-corrected chi connectivity index (χ0v) is 16.3. The van der Waals surface area contributed by atoms with E-state index in [1.165, 1.54) is 18.7 Å². The first-order chi connectivity index (χ1) is 14.6. The zero-order valence-electron chi connectivity index (χ0n) is 15.5. The monoisotopic (exact) mass is 417 g/mol. The van der Waals surface area contributed by atoms with Crippen LogP contribution >= 0.6 is 11.6 Å². The number of rotatable bonds is 4. The molecule has 0 aliphatic carbocycles. The predicted molar refractivity (Wildman–Crippen MR) is 116 cm³/mol. The van der Waals surface area contributed by atoms with Gasteiger partial charge in [0, 0.05) is 16.1 Å². The molecular formula is C22H16ClN5O2. The number of phenols is 2. The van der Waals surface area contributed by atoms with Crippen LogP contribution in [0.1, 0.15) is 17.2 Å². The molecule has 0 bridgehead atoms. The average molecular weight is 418 g/mol. The fourth-order valence-electron chi connectivity index (χ4n) is 3.66. The molecule has 1 unspecified atom stereocenters. The number of nitrogens with zero attached hydrogens (tertiary/aromatic N) is 3. The Bertz CT molecular complexity index is 1380. The maximum Gasteiger partial charge on any atom is 0.182 e. The van der Waals surface area contributed by atoms with Crippen molar-refractivity contribution in [2.75, 3.05) is 5.32 Å². The summed E-state index contributed by atoms with van der Waals surface area (Å²) < 4.78 is 0. The summed E-state index contributed by atoms with van der Waals surface area (Å²) in [5, 5.41) is 27.1. The third-order valence-corrected chi connectivity index (χ3v) is 5.28. The maximum atomic E-state index is 10.8. The molecule has 0 radical (unpaired) electrons. The smallest absolute Gasteiger partial charge is 0.182 e. The molecule has 3 aromatic carbocycles. The van der Waals surface area contributed by atoms with Gasteiger partial charge < -0.3 is 20.5 Å². The highest BCUT2D eigenvalue weighted by Crippen LogP contribution is 2.41. The molecule has 0 spiro atoms. The van der Waals surface area contributed by atoms with Crippen molar-refractivity contribution in [1.82, 2.24) is 19.9 Å². The molecule has 2 heterocycles. The number of nitrogens with one attached hydrogen (secondary N) is 2. The Morgan fingerprint density at radius 2 is 1.77 bits per heavy atom. The van der Waals surface area contributed by atoms with E-state index in [-0.39, 0.29) is 11.5 Å². The number of aromatic amines is 1. The van der Waals surface area contributed by atoms with Crippen LogP contribution in [-0.2, 0) is 0 Å². The quantitative estimate of drug-likeness (QED) is 0.335. The third kappa shape index (κ3) is 3.05. The number of hydrogen-bond donors (Lipinski definition) is 4. The number of phenolic OH excluding ortho intramolecular Hbond substituents is 2. The molecule has 7 nitrogen and oxygen atoms in total. The minimum absolute atomic E-state index is 0.0409. The Balaban J connectivity index is 1.77. The van der Waals surface area contributed by atoms with E-state index in [2.05, 4.69) is 25.3 Å². The summed E-state index contributed by atoms with van der Waals surface area (Å²) >= 11 is 6.24. The molecule has 5 aromatic rings. The maximum absolute atomic E-state index is 10.8. The summed E-state index contributed by atoms with van der Waals surface area (Å²) in [4.78, 5) is 15.7. The van der Waals surface area contributed by atoms with Crippen molar-refractivity contribution in [1.29, 1.82) is 0 Å². The van der Waals surface area contributed by atoms with Crippen LogP contribution in [0.3, 0.4) is 0 Å². The highest BCUT2D eigenvalue weighted by atomic mass is 35.5. The molecule has 0 fully saturated rings. The van der Waals surface area contributed by atoms with E-state index in [0.717, 1.165) is 10.8 Å². The number of aromatic hydroxyl groups is 2. The molecule has 0 aliphatic rings. The summed E-state index contributed by atoms with van der Waals surface area (Å²) in [6.45, 7) is 0. The Hall–Kier alpha value is -3.84. The van der Waals surface area contributed by atoms with E-state index in [4.69, 9.17) is 11.6 Å². The van der Waals surface area contributed by atoms with Gasteiger partial charge in [-0.2, -0.15) is 0 Å². The van der Waals surface area contributed by atoms with Gasteiger partial charge in [-0.15, -0.1) is 0 Å². The SMILES string of the molecule is Oc1ccc(Cl)cc1C(Nc1ncnc2nc[nH]c12)c1c(O)ccc2ccccc12. The number of H-pyrrole nitrogens is 1. The highest BCUT2D eigenvalue weighted by Gasteiger charge is 2.25. The van der Waals surface area contributed by atoms with Gasteiger partial charge in [0.2, 0.25) is 0 Å². The molecular weight excluding hydrogens is 402 g/mol.